The highest BCUT2D eigenvalue weighted by atomic mass is 16.5. The third kappa shape index (κ3) is 3.20. The number of likely N-dealkylation sites (tertiary alicyclic amines) is 1. The molecule has 0 bridgehead atoms. The lowest BCUT2D eigenvalue weighted by atomic mass is 9.78. The van der Waals surface area contributed by atoms with E-state index in [9.17, 15) is 14.9 Å². The van der Waals surface area contributed by atoms with Crippen LogP contribution in [0, 0.1) is 0 Å². The highest BCUT2D eigenvalue weighted by molar-refractivity contribution is 6.44. The molecule has 1 fully saturated rings. The number of carbonyl (C=O) groups is 1. The van der Waals surface area contributed by atoms with Gasteiger partial charge in [-0.15, -0.1) is 0 Å². The van der Waals surface area contributed by atoms with Gasteiger partial charge in [-0.3, -0.25) is 4.90 Å². The van der Waals surface area contributed by atoms with Crippen molar-refractivity contribution < 1.29 is 24.3 Å². The maximum atomic E-state index is 11.7. The summed E-state index contributed by atoms with van der Waals surface area (Å²) in [7, 11) is -0.978. The van der Waals surface area contributed by atoms with Gasteiger partial charge < -0.3 is 24.5 Å². The Morgan fingerprint density at radius 1 is 1.48 bits per heavy atom. The Morgan fingerprint density at radius 2 is 2.32 bits per heavy atom. The Kier molecular flexibility index (Phi) is 4.10. The van der Waals surface area contributed by atoms with Crippen LogP contribution in [0.2, 0.25) is 6.32 Å². The molecule has 4 rings (SSSR count). The SMILES string of the molecule is O=C(O)c1c(OC2CN(Cc3ncc[nH]3)C2)ccc2c1OB(O)CC2. The molecule has 0 amide bonds. The van der Waals surface area contributed by atoms with Crippen molar-refractivity contribution in [2.45, 2.75) is 25.4 Å². The molecule has 0 saturated carbocycles. The molecule has 2 aromatic rings. The van der Waals surface area contributed by atoms with E-state index in [4.69, 9.17) is 9.39 Å². The first-order valence-corrected chi connectivity index (χ1v) is 8.21. The van der Waals surface area contributed by atoms with Gasteiger partial charge in [0.15, 0.2) is 0 Å². The summed E-state index contributed by atoms with van der Waals surface area (Å²) < 4.78 is 11.2. The Labute approximate surface area is 144 Å². The van der Waals surface area contributed by atoms with Crippen LogP contribution in [0.15, 0.2) is 24.5 Å². The number of aryl methyl sites for hydroxylation is 1. The van der Waals surface area contributed by atoms with E-state index >= 15 is 0 Å². The average molecular weight is 343 g/mol. The number of nitrogens with zero attached hydrogens (tertiary/aromatic N) is 2. The number of aromatic nitrogens is 2. The van der Waals surface area contributed by atoms with Crippen LogP contribution in [0.5, 0.6) is 11.5 Å². The third-order valence-electron chi connectivity index (χ3n) is 4.47. The summed E-state index contributed by atoms with van der Waals surface area (Å²) >= 11 is 0. The van der Waals surface area contributed by atoms with E-state index in [2.05, 4.69) is 14.9 Å². The largest absolute Gasteiger partial charge is 0.535 e. The fourth-order valence-corrected chi connectivity index (χ4v) is 3.22. The standard InChI is InChI=1S/C16H18BN3O5/c21-16(22)14-12(2-1-10-3-4-17(23)25-15(10)14)24-11-7-20(8-11)9-13-18-5-6-19-13/h1-2,5-6,11,23H,3-4,7-9H2,(H,18,19)(H,21,22). The number of ether oxygens (including phenoxy) is 1. The topological polar surface area (TPSA) is 108 Å². The van der Waals surface area contributed by atoms with Crippen LogP contribution in [-0.2, 0) is 13.0 Å². The molecule has 0 spiro atoms. The summed E-state index contributed by atoms with van der Waals surface area (Å²) in [5, 5.41) is 19.2. The van der Waals surface area contributed by atoms with Gasteiger partial charge in [-0.2, -0.15) is 0 Å². The summed E-state index contributed by atoms with van der Waals surface area (Å²) in [5.41, 5.74) is 0.767. The van der Waals surface area contributed by atoms with E-state index in [0.29, 0.717) is 32.4 Å². The lowest BCUT2D eigenvalue weighted by molar-refractivity contribution is 0.0121. The number of rotatable bonds is 5. The quantitative estimate of drug-likeness (QED) is 0.689. The van der Waals surface area contributed by atoms with Crippen molar-refractivity contribution in [2.24, 2.45) is 0 Å². The van der Waals surface area contributed by atoms with E-state index in [1.54, 1.807) is 18.5 Å². The molecule has 0 atom stereocenters. The second-order valence-corrected chi connectivity index (χ2v) is 6.31. The lowest BCUT2D eigenvalue weighted by Gasteiger charge is -2.38. The van der Waals surface area contributed by atoms with Crippen LogP contribution < -0.4 is 9.39 Å². The first-order valence-electron chi connectivity index (χ1n) is 8.21. The fraction of sp³-hybridized carbons (Fsp3) is 0.375. The van der Waals surface area contributed by atoms with Crippen LogP contribution in [-0.4, -0.2) is 57.3 Å². The van der Waals surface area contributed by atoms with Crippen LogP contribution in [0.3, 0.4) is 0 Å². The molecule has 25 heavy (non-hydrogen) atoms. The van der Waals surface area contributed by atoms with E-state index in [0.717, 1.165) is 11.4 Å². The van der Waals surface area contributed by atoms with Gasteiger partial charge in [0.05, 0.1) is 6.54 Å². The van der Waals surface area contributed by atoms with E-state index in [1.807, 2.05) is 6.07 Å². The monoisotopic (exact) mass is 343 g/mol. The van der Waals surface area contributed by atoms with Crippen LogP contribution in [0.4, 0.5) is 0 Å². The predicted octanol–water partition coefficient (Wildman–Crippen LogP) is 0.786. The molecular formula is C16H18BN3O5. The van der Waals surface area contributed by atoms with Crippen LogP contribution in [0.1, 0.15) is 21.7 Å². The molecule has 130 valence electrons. The number of hydrogen-bond acceptors (Lipinski definition) is 6. The van der Waals surface area contributed by atoms with Crippen LogP contribution >= 0.6 is 0 Å². The molecule has 2 aliphatic heterocycles. The molecule has 1 saturated heterocycles. The van der Waals surface area contributed by atoms with Gasteiger partial charge in [0.2, 0.25) is 0 Å². The van der Waals surface area contributed by atoms with Gasteiger partial charge >= 0.3 is 13.1 Å². The first kappa shape index (κ1) is 16.0. The van der Waals surface area contributed by atoms with Gasteiger partial charge in [0.25, 0.3) is 0 Å². The number of fused-ring (bicyclic) bond motifs is 1. The number of nitrogens with one attached hydrogen (secondary N) is 1. The van der Waals surface area contributed by atoms with Crippen LogP contribution in [0.25, 0.3) is 0 Å². The fourth-order valence-electron chi connectivity index (χ4n) is 3.22. The maximum Gasteiger partial charge on any atom is 0.522 e. The van der Waals surface area contributed by atoms with Crippen molar-refractivity contribution in [2.75, 3.05) is 13.1 Å². The van der Waals surface area contributed by atoms with Gasteiger partial charge in [0, 0.05) is 25.5 Å². The summed E-state index contributed by atoms with van der Waals surface area (Å²) in [5.74, 6) is 0.270. The zero-order valence-electron chi connectivity index (χ0n) is 13.5. The van der Waals surface area contributed by atoms with Crippen molar-refractivity contribution in [3.63, 3.8) is 0 Å². The molecule has 1 aromatic heterocycles. The number of hydrogen-bond donors (Lipinski definition) is 3. The highest BCUT2D eigenvalue weighted by Crippen LogP contribution is 2.37. The van der Waals surface area contributed by atoms with Gasteiger partial charge in [-0.25, -0.2) is 9.78 Å². The minimum Gasteiger partial charge on any atom is -0.535 e. The molecule has 0 unspecified atom stereocenters. The van der Waals surface area contributed by atoms with Crippen molar-refractivity contribution in [3.8, 4) is 11.5 Å². The highest BCUT2D eigenvalue weighted by Gasteiger charge is 2.33. The van der Waals surface area contributed by atoms with Gasteiger partial charge in [-0.05, 0) is 24.4 Å². The third-order valence-corrected chi connectivity index (χ3v) is 4.47. The number of imidazole rings is 1. The van der Waals surface area contributed by atoms with Crippen molar-refractivity contribution in [1.29, 1.82) is 0 Å². The van der Waals surface area contributed by atoms with Crippen molar-refractivity contribution in [1.82, 2.24) is 14.9 Å². The second kappa shape index (κ2) is 6.42. The smallest absolute Gasteiger partial charge is 0.522 e. The average Bonchev–Trinajstić information content (AvgIpc) is 3.05. The zero-order valence-corrected chi connectivity index (χ0v) is 13.5. The predicted molar refractivity (Wildman–Crippen MR) is 88.8 cm³/mol. The normalized spacial score (nSPS) is 17.6. The Bertz CT molecular complexity index is 776. The molecular weight excluding hydrogens is 325 g/mol. The number of benzene rings is 1. The first-order chi connectivity index (χ1) is 12.1. The summed E-state index contributed by atoms with van der Waals surface area (Å²) in [6, 6.07) is 3.49. The number of H-pyrrole nitrogens is 1. The molecule has 0 aliphatic carbocycles. The van der Waals surface area contributed by atoms with Crippen molar-refractivity contribution in [3.05, 3.63) is 41.5 Å². The summed E-state index contributed by atoms with van der Waals surface area (Å²) in [6.07, 6.45) is 4.45. The Hall–Kier alpha value is -2.52. The molecule has 8 nitrogen and oxygen atoms in total. The van der Waals surface area contributed by atoms with E-state index in [-0.39, 0.29) is 23.2 Å². The Morgan fingerprint density at radius 3 is 3.04 bits per heavy atom. The lowest BCUT2D eigenvalue weighted by Crippen LogP contribution is -2.53. The summed E-state index contributed by atoms with van der Waals surface area (Å²) in [4.78, 5) is 21.1. The number of aromatic carboxylic acids is 1. The minimum absolute atomic E-state index is 0.0132. The molecule has 3 N–H and O–H groups in total. The Balaban J connectivity index is 1.46. The number of aromatic amines is 1. The van der Waals surface area contributed by atoms with E-state index in [1.165, 1.54) is 0 Å². The maximum absolute atomic E-state index is 11.7. The number of carboxylic acids is 1. The molecule has 1 aromatic carbocycles. The minimum atomic E-state index is -1.12. The molecule has 0 radical (unpaired) electrons. The zero-order chi connectivity index (χ0) is 17.4. The number of carboxylic acid groups (broad SMARTS) is 1. The molecule has 2 aliphatic rings. The van der Waals surface area contributed by atoms with Gasteiger partial charge in [0.1, 0.15) is 29.0 Å². The van der Waals surface area contributed by atoms with E-state index < -0.39 is 13.1 Å². The summed E-state index contributed by atoms with van der Waals surface area (Å²) in [6.45, 7) is 2.10. The molecule has 9 heteroatoms. The molecule has 3 heterocycles. The van der Waals surface area contributed by atoms with Crippen molar-refractivity contribution >= 4 is 13.1 Å². The second-order valence-electron chi connectivity index (χ2n) is 6.31. The van der Waals surface area contributed by atoms with Gasteiger partial charge in [-0.1, -0.05) is 6.07 Å².